The number of rotatable bonds is 1. The highest BCUT2D eigenvalue weighted by molar-refractivity contribution is 7.80. The van der Waals surface area contributed by atoms with E-state index in [-0.39, 0.29) is 0 Å². The lowest BCUT2D eigenvalue weighted by atomic mass is 10.1. The maximum Gasteiger partial charge on any atom is 0.173 e. The van der Waals surface area contributed by atoms with Crippen LogP contribution in [0.5, 0.6) is 0 Å². The molecule has 92 valence electrons. The fourth-order valence-electron chi connectivity index (χ4n) is 1.93. The fraction of sp³-hybridized carbons (Fsp3) is 0.462. The van der Waals surface area contributed by atoms with Crippen LogP contribution in [0.25, 0.3) is 0 Å². The number of nitrogens with zero attached hydrogens (tertiary/aromatic N) is 1. The van der Waals surface area contributed by atoms with Gasteiger partial charge in [-0.05, 0) is 43.3 Å². The highest BCUT2D eigenvalue weighted by Crippen LogP contribution is 2.17. The van der Waals surface area contributed by atoms with Crippen molar-refractivity contribution in [1.82, 2.24) is 10.2 Å². The van der Waals surface area contributed by atoms with Gasteiger partial charge in [-0.2, -0.15) is 0 Å². The molecule has 0 aliphatic carbocycles. The zero-order valence-corrected chi connectivity index (χ0v) is 11.2. The molecule has 2 N–H and O–H groups in total. The van der Waals surface area contributed by atoms with Crippen molar-refractivity contribution in [3.8, 4) is 0 Å². The molecular weight excluding hydrogens is 230 g/mol. The molecule has 3 nitrogen and oxygen atoms in total. The zero-order chi connectivity index (χ0) is 12.3. The van der Waals surface area contributed by atoms with Crippen molar-refractivity contribution >= 4 is 23.0 Å². The lowest BCUT2D eigenvalue weighted by molar-refractivity contribution is 0.362. The topological polar surface area (TPSA) is 27.3 Å². The summed E-state index contributed by atoms with van der Waals surface area (Å²) in [4.78, 5) is 2.22. The van der Waals surface area contributed by atoms with Crippen LogP contribution in [0.4, 0.5) is 5.69 Å². The highest BCUT2D eigenvalue weighted by atomic mass is 32.1. The first kappa shape index (κ1) is 12.3. The van der Waals surface area contributed by atoms with Crippen molar-refractivity contribution in [1.29, 1.82) is 0 Å². The first-order valence-electron chi connectivity index (χ1n) is 6.01. The van der Waals surface area contributed by atoms with Crippen LogP contribution in [-0.4, -0.2) is 36.2 Å². The Morgan fingerprint density at radius 2 is 2.00 bits per heavy atom. The number of anilines is 1. The first-order chi connectivity index (χ1) is 8.16. The maximum atomic E-state index is 5.45. The van der Waals surface area contributed by atoms with Crippen LogP contribution < -0.4 is 10.6 Å². The lowest BCUT2D eigenvalue weighted by Gasteiger charge is -2.30. The molecule has 1 aliphatic rings. The molecule has 0 amide bonds. The average Bonchev–Trinajstić information content (AvgIpc) is 2.35. The second-order valence-corrected chi connectivity index (χ2v) is 4.87. The third-order valence-electron chi connectivity index (χ3n) is 3.04. The average molecular weight is 249 g/mol. The Hall–Kier alpha value is -1.13. The normalized spacial score (nSPS) is 15.8. The van der Waals surface area contributed by atoms with Gasteiger partial charge in [0.2, 0.25) is 0 Å². The number of hydrogen-bond donors (Lipinski definition) is 2. The summed E-state index contributed by atoms with van der Waals surface area (Å²) in [7, 11) is 0. The molecular formula is C13H19N3S. The van der Waals surface area contributed by atoms with Crippen LogP contribution in [-0.2, 0) is 0 Å². The number of thiocarbonyl (C=S) groups is 1. The maximum absolute atomic E-state index is 5.45. The standard InChI is InChI=1S/C13H19N3S/c1-10-3-4-11(2)12(9-10)15-13(17)16-7-5-14-6-8-16/h3-4,9,14H,5-8H2,1-2H3,(H,15,17). The first-order valence-corrected chi connectivity index (χ1v) is 6.41. The monoisotopic (exact) mass is 249 g/mol. The number of nitrogens with one attached hydrogen (secondary N) is 2. The van der Waals surface area contributed by atoms with Gasteiger partial charge in [0.15, 0.2) is 5.11 Å². The predicted molar refractivity (Wildman–Crippen MR) is 76.6 cm³/mol. The van der Waals surface area contributed by atoms with Crippen molar-refractivity contribution in [2.45, 2.75) is 13.8 Å². The third-order valence-corrected chi connectivity index (χ3v) is 3.40. The van der Waals surface area contributed by atoms with Gasteiger partial charge in [-0.15, -0.1) is 0 Å². The second kappa shape index (κ2) is 5.47. The van der Waals surface area contributed by atoms with E-state index in [1.165, 1.54) is 11.1 Å². The fourth-order valence-corrected chi connectivity index (χ4v) is 2.23. The van der Waals surface area contributed by atoms with Crippen LogP contribution in [0.2, 0.25) is 0 Å². The van der Waals surface area contributed by atoms with Gasteiger partial charge in [0, 0.05) is 31.9 Å². The van der Waals surface area contributed by atoms with Crippen molar-refractivity contribution in [2.75, 3.05) is 31.5 Å². The van der Waals surface area contributed by atoms with Crippen LogP contribution in [0.1, 0.15) is 11.1 Å². The van der Waals surface area contributed by atoms with Crippen LogP contribution in [0, 0.1) is 13.8 Å². The summed E-state index contributed by atoms with van der Waals surface area (Å²) in [6.07, 6.45) is 0. The number of aryl methyl sites for hydroxylation is 2. The molecule has 2 rings (SSSR count). The summed E-state index contributed by atoms with van der Waals surface area (Å²) < 4.78 is 0. The van der Waals surface area contributed by atoms with Gasteiger partial charge in [-0.1, -0.05) is 12.1 Å². The molecule has 0 saturated carbocycles. The van der Waals surface area contributed by atoms with Gasteiger partial charge in [0.1, 0.15) is 0 Å². The summed E-state index contributed by atoms with van der Waals surface area (Å²) in [6, 6.07) is 6.39. The van der Waals surface area contributed by atoms with Gasteiger partial charge in [0.25, 0.3) is 0 Å². The van der Waals surface area contributed by atoms with E-state index in [9.17, 15) is 0 Å². The van der Waals surface area contributed by atoms with E-state index in [0.29, 0.717) is 0 Å². The minimum Gasteiger partial charge on any atom is -0.346 e. The van der Waals surface area contributed by atoms with Crippen LogP contribution in [0.15, 0.2) is 18.2 Å². The molecule has 1 heterocycles. The molecule has 1 fully saturated rings. The molecule has 0 aromatic heterocycles. The lowest BCUT2D eigenvalue weighted by Crippen LogP contribution is -2.47. The number of benzene rings is 1. The SMILES string of the molecule is Cc1ccc(C)c(NC(=S)N2CCNCC2)c1. The van der Waals surface area contributed by atoms with Crippen molar-refractivity contribution < 1.29 is 0 Å². The molecule has 1 saturated heterocycles. The van der Waals surface area contributed by atoms with Gasteiger partial charge >= 0.3 is 0 Å². The van der Waals surface area contributed by atoms with Gasteiger partial charge in [-0.25, -0.2) is 0 Å². The Balaban J connectivity index is 2.04. The van der Waals surface area contributed by atoms with Crippen molar-refractivity contribution in [3.63, 3.8) is 0 Å². The summed E-state index contributed by atoms with van der Waals surface area (Å²) in [6.45, 7) is 8.18. The molecule has 1 aromatic carbocycles. The summed E-state index contributed by atoms with van der Waals surface area (Å²) in [5.74, 6) is 0. The molecule has 0 spiro atoms. The minimum absolute atomic E-state index is 0.834. The summed E-state index contributed by atoms with van der Waals surface area (Å²) in [5, 5.41) is 7.51. The largest absolute Gasteiger partial charge is 0.346 e. The molecule has 0 radical (unpaired) electrons. The Morgan fingerprint density at radius 1 is 1.29 bits per heavy atom. The molecule has 0 unspecified atom stereocenters. The molecule has 17 heavy (non-hydrogen) atoms. The molecule has 0 bridgehead atoms. The minimum atomic E-state index is 0.834. The van der Waals surface area contributed by atoms with E-state index >= 15 is 0 Å². The van der Waals surface area contributed by atoms with E-state index in [2.05, 4.69) is 47.6 Å². The van der Waals surface area contributed by atoms with Crippen molar-refractivity contribution in [3.05, 3.63) is 29.3 Å². The van der Waals surface area contributed by atoms with Gasteiger partial charge in [-0.3, -0.25) is 0 Å². The van der Waals surface area contributed by atoms with Gasteiger partial charge < -0.3 is 15.5 Å². The van der Waals surface area contributed by atoms with Gasteiger partial charge in [0.05, 0.1) is 0 Å². The van der Waals surface area contributed by atoms with E-state index in [4.69, 9.17) is 12.2 Å². The Labute approximate surface area is 108 Å². The van der Waals surface area contributed by atoms with Crippen molar-refractivity contribution in [2.24, 2.45) is 0 Å². The van der Waals surface area contributed by atoms with E-state index in [0.717, 1.165) is 37.0 Å². The van der Waals surface area contributed by atoms with E-state index in [1.807, 2.05) is 0 Å². The van der Waals surface area contributed by atoms with Crippen LogP contribution >= 0.6 is 12.2 Å². The molecule has 0 atom stereocenters. The Bertz CT molecular complexity index is 411. The molecule has 1 aromatic rings. The predicted octanol–water partition coefficient (Wildman–Crippen LogP) is 1.91. The number of piperazine rings is 1. The highest BCUT2D eigenvalue weighted by Gasteiger charge is 2.13. The number of hydrogen-bond acceptors (Lipinski definition) is 2. The molecule has 1 aliphatic heterocycles. The summed E-state index contributed by atoms with van der Waals surface area (Å²) >= 11 is 5.45. The third kappa shape index (κ3) is 3.17. The quantitative estimate of drug-likeness (QED) is 0.744. The Morgan fingerprint density at radius 3 is 2.71 bits per heavy atom. The van der Waals surface area contributed by atoms with Crippen LogP contribution in [0.3, 0.4) is 0 Å². The smallest absolute Gasteiger partial charge is 0.173 e. The van der Waals surface area contributed by atoms with E-state index in [1.54, 1.807) is 0 Å². The zero-order valence-electron chi connectivity index (χ0n) is 10.4. The second-order valence-electron chi connectivity index (χ2n) is 4.49. The van der Waals surface area contributed by atoms with E-state index < -0.39 is 0 Å². The Kier molecular flexibility index (Phi) is 3.97. The summed E-state index contributed by atoms with van der Waals surface area (Å²) in [5.41, 5.74) is 3.60. The molecule has 4 heteroatoms.